The van der Waals surface area contributed by atoms with E-state index in [0.29, 0.717) is 28.3 Å². The highest BCUT2D eigenvalue weighted by Crippen LogP contribution is 2.23. The van der Waals surface area contributed by atoms with E-state index >= 15 is 0 Å². The quantitative estimate of drug-likeness (QED) is 0.0886. The van der Waals surface area contributed by atoms with Gasteiger partial charge in [-0.05, 0) is 48.9 Å². The summed E-state index contributed by atoms with van der Waals surface area (Å²) >= 11 is 9.27. The second-order valence-electron chi connectivity index (χ2n) is 7.95. The van der Waals surface area contributed by atoms with E-state index in [1.165, 1.54) is 51.2 Å². The minimum absolute atomic E-state index is 0.121. The number of hydrogen-bond donors (Lipinski definition) is 1. The number of unbranched alkanes of at least 4 members (excludes halogenated alkanes) is 8. The smallest absolute Gasteiger partial charge is 0.343 e. The Bertz CT molecular complexity index is 916. The summed E-state index contributed by atoms with van der Waals surface area (Å²) < 4.78 is 6.31. The molecule has 0 unspecified atom stereocenters. The average Bonchev–Trinajstić information content (AvgIpc) is 2.80. The minimum atomic E-state index is -0.502. The van der Waals surface area contributed by atoms with Crippen molar-refractivity contribution >= 4 is 45.6 Å². The van der Waals surface area contributed by atoms with Gasteiger partial charge in [-0.2, -0.15) is 5.10 Å². The molecule has 2 rings (SSSR count). The van der Waals surface area contributed by atoms with Crippen LogP contribution in [0, 0.1) is 0 Å². The maximum atomic E-state index is 12.4. The van der Waals surface area contributed by atoms with E-state index in [4.69, 9.17) is 16.3 Å². The van der Waals surface area contributed by atoms with Crippen LogP contribution in [-0.2, 0) is 4.79 Å². The molecule has 33 heavy (non-hydrogen) atoms. The van der Waals surface area contributed by atoms with Crippen molar-refractivity contribution < 1.29 is 14.3 Å². The Labute approximate surface area is 210 Å². The summed E-state index contributed by atoms with van der Waals surface area (Å²) in [5.41, 5.74) is 3.51. The first kappa shape index (κ1) is 27.1. The van der Waals surface area contributed by atoms with Crippen LogP contribution in [0.25, 0.3) is 0 Å². The lowest BCUT2D eigenvalue weighted by Crippen LogP contribution is -2.17. The van der Waals surface area contributed by atoms with E-state index in [-0.39, 0.29) is 5.91 Å². The molecule has 0 bridgehead atoms. The zero-order valence-electron chi connectivity index (χ0n) is 19.1. The third-order valence-electron chi connectivity index (χ3n) is 5.15. The normalized spacial score (nSPS) is 11.0. The lowest BCUT2D eigenvalue weighted by Gasteiger charge is -2.08. The first-order chi connectivity index (χ1) is 16.0. The molecule has 0 heterocycles. The molecule has 1 amide bonds. The Morgan fingerprint density at radius 2 is 1.61 bits per heavy atom. The molecule has 0 spiro atoms. The fraction of sp³-hybridized carbons (Fsp3) is 0.423. The van der Waals surface area contributed by atoms with Gasteiger partial charge in [0.25, 0.3) is 0 Å². The number of nitrogens with one attached hydrogen (secondary N) is 1. The van der Waals surface area contributed by atoms with Crippen molar-refractivity contribution in [1.82, 2.24) is 5.43 Å². The number of hydrogen-bond acceptors (Lipinski definition) is 4. The maximum Gasteiger partial charge on any atom is 0.343 e. The van der Waals surface area contributed by atoms with Gasteiger partial charge in [0.05, 0.1) is 11.8 Å². The first-order valence-corrected chi connectivity index (χ1v) is 12.8. The number of ether oxygens (including phenoxy) is 1. The molecule has 2 aromatic rings. The summed E-state index contributed by atoms with van der Waals surface area (Å²) in [7, 11) is 0. The fourth-order valence-electron chi connectivity index (χ4n) is 3.28. The largest absolute Gasteiger partial charge is 0.422 e. The van der Waals surface area contributed by atoms with Crippen molar-refractivity contribution in [1.29, 1.82) is 0 Å². The highest BCUT2D eigenvalue weighted by Gasteiger charge is 2.12. The van der Waals surface area contributed by atoms with Crippen LogP contribution in [0.4, 0.5) is 0 Å². The predicted molar refractivity (Wildman–Crippen MR) is 138 cm³/mol. The van der Waals surface area contributed by atoms with E-state index in [1.807, 2.05) is 0 Å². The van der Waals surface area contributed by atoms with E-state index in [0.717, 1.165) is 17.3 Å². The molecule has 2 aromatic carbocycles. The summed E-state index contributed by atoms with van der Waals surface area (Å²) in [5, 5.41) is 4.58. The zero-order chi connectivity index (χ0) is 23.9. The molecule has 0 saturated heterocycles. The third kappa shape index (κ3) is 11.0. The van der Waals surface area contributed by atoms with E-state index in [2.05, 4.69) is 33.4 Å². The Morgan fingerprint density at radius 1 is 0.970 bits per heavy atom. The van der Waals surface area contributed by atoms with Gasteiger partial charge in [-0.15, -0.1) is 0 Å². The van der Waals surface area contributed by atoms with Gasteiger partial charge < -0.3 is 4.74 Å². The molecule has 178 valence electrons. The van der Waals surface area contributed by atoms with Crippen LogP contribution in [0.5, 0.6) is 5.75 Å². The van der Waals surface area contributed by atoms with E-state index in [1.54, 1.807) is 42.5 Å². The molecule has 0 aromatic heterocycles. The SMILES string of the molecule is CCCCCCCCCCCC(=O)N/N=C/c1cc(Br)ccc1OC(=O)c1ccc(Cl)cc1. The van der Waals surface area contributed by atoms with Crippen molar-refractivity contribution in [3.8, 4) is 5.75 Å². The van der Waals surface area contributed by atoms with Gasteiger partial charge in [0.2, 0.25) is 5.91 Å². The summed E-state index contributed by atoms with van der Waals surface area (Å²) in [5.74, 6) is -0.281. The lowest BCUT2D eigenvalue weighted by atomic mass is 10.1. The predicted octanol–water partition coefficient (Wildman–Crippen LogP) is 7.69. The Hall–Kier alpha value is -2.18. The summed E-state index contributed by atoms with van der Waals surface area (Å²) in [6.45, 7) is 2.23. The zero-order valence-corrected chi connectivity index (χ0v) is 21.5. The molecule has 0 saturated carbocycles. The Morgan fingerprint density at radius 3 is 2.27 bits per heavy atom. The topological polar surface area (TPSA) is 67.8 Å². The molecule has 7 heteroatoms. The number of benzene rings is 2. The van der Waals surface area contributed by atoms with Gasteiger partial charge in [0, 0.05) is 21.5 Å². The van der Waals surface area contributed by atoms with Crippen molar-refractivity contribution in [2.24, 2.45) is 5.10 Å². The van der Waals surface area contributed by atoms with Gasteiger partial charge in [0.15, 0.2) is 0 Å². The van der Waals surface area contributed by atoms with Crippen molar-refractivity contribution in [3.63, 3.8) is 0 Å². The summed E-state index contributed by atoms with van der Waals surface area (Å²) in [6, 6.07) is 11.7. The minimum Gasteiger partial charge on any atom is -0.422 e. The molecule has 0 aliphatic rings. The van der Waals surface area contributed by atoms with Gasteiger partial charge in [-0.1, -0.05) is 85.8 Å². The Kier molecular flexibility index (Phi) is 12.8. The molecule has 0 atom stereocenters. The lowest BCUT2D eigenvalue weighted by molar-refractivity contribution is -0.121. The van der Waals surface area contributed by atoms with Crippen molar-refractivity contribution in [2.75, 3.05) is 0 Å². The number of nitrogens with zero attached hydrogens (tertiary/aromatic N) is 1. The highest BCUT2D eigenvalue weighted by atomic mass is 79.9. The van der Waals surface area contributed by atoms with Crippen LogP contribution in [0.3, 0.4) is 0 Å². The van der Waals surface area contributed by atoms with Gasteiger partial charge >= 0.3 is 5.97 Å². The summed E-state index contributed by atoms with van der Waals surface area (Å²) in [4.78, 5) is 24.5. The first-order valence-electron chi connectivity index (χ1n) is 11.6. The molecule has 1 N–H and O–H groups in total. The molecule has 0 radical (unpaired) electrons. The van der Waals surface area contributed by atoms with Crippen molar-refractivity contribution in [2.45, 2.75) is 71.1 Å². The molecule has 0 aliphatic heterocycles. The maximum absolute atomic E-state index is 12.4. The van der Waals surface area contributed by atoms with Crippen LogP contribution in [0.2, 0.25) is 5.02 Å². The number of halogens is 2. The van der Waals surface area contributed by atoms with Crippen LogP contribution in [0.1, 0.15) is 87.1 Å². The van der Waals surface area contributed by atoms with Crippen LogP contribution in [-0.4, -0.2) is 18.1 Å². The number of carbonyl (C=O) groups is 2. The highest BCUT2D eigenvalue weighted by molar-refractivity contribution is 9.10. The monoisotopic (exact) mass is 534 g/mol. The molecule has 5 nitrogen and oxygen atoms in total. The number of carbonyl (C=O) groups excluding carboxylic acids is 2. The van der Waals surface area contributed by atoms with Gasteiger partial charge in [-0.3, -0.25) is 4.79 Å². The standard InChI is InChI=1S/C26H32BrClN2O3/c1-2-3-4-5-6-7-8-9-10-11-25(31)30-29-19-21-18-22(27)14-17-24(21)33-26(32)20-12-15-23(28)16-13-20/h12-19H,2-11H2,1H3,(H,30,31)/b29-19+. The molecule has 0 fully saturated rings. The second kappa shape index (κ2) is 15.6. The van der Waals surface area contributed by atoms with Crippen LogP contribution in [0.15, 0.2) is 52.0 Å². The number of esters is 1. The second-order valence-corrected chi connectivity index (χ2v) is 9.30. The Balaban J connectivity index is 1.77. The fourth-order valence-corrected chi connectivity index (χ4v) is 3.79. The number of hydrazone groups is 1. The summed E-state index contributed by atoms with van der Waals surface area (Å²) in [6.07, 6.45) is 12.8. The van der Waals surface area contributed by atoms with Crippen LogP contribution >= 0.6 is 27.5 Å². The van der Waals surface area contributed by atoms with Gasteiger partial charge in [0.1, 0.15) is 5.75 Å². The molecular formula is C26H32BrClN2O3. The average molecular weight is 536 g/mol. The van der Waals surface area contributed by atoms with E-state index < -0.39 is 5.97 Å². The van der Waals surface area contributed by atoms with Gasteiger partial charge in [-0.25, -0.2) is 10.2 Å². The van der Waals surface area contributed by atoms with Crippen LogP contribution < -0.4 is 10.2 Å². The number of amides is 1. The molecule has 0 aliphatic carbocycles. The van der Waals surface area contributed by atoms with E-state index in [9.17, 15) is 9.59 Å². The molecular weight excluding hydrogens is 504 g/mol. The van der Waals surface area contributed by atoms with Crippen molar-refractivity contribution in [3.05, 3.63) is 63.1 Å². The number of rotatable bonds is 14. The third-order valence-corrected chi connectivity index (χ3v) is 5.90.